The number of nitrogens with zero attached hydrogens (tertiary/aromatic N) is 1. The maximum atomic E-state index is 13.0. The molecule has 0 atom stereocenters. The standard InChI is InChI=1S/C13H19FN2S/c14-11-4-5-12(15)13(10-11)17-9-8-16-6-2-1-3-7-16/h4-5,10H,1-3,6-9,15H2. The summed E-state index contributed by atoms with van der Waals surface area (Å²) < 4.78 is 13.0. The van der Waals surface area contributed by atoms with E-state index in [1.165, 1.54) is 44.5 Å². The van der Waals surface area contributed by atoms with E-state index in [2.05, 4.69) is 4.90 Å². The quantitative estimate of drug-likeness (QED) is 0.661. The highest BCUT2D eigenvalue weighted by Crippen LogP contribution is 2.25. The Morgan fingerprint density at radius 1 is 1.24 bits per heavy atom. The number of anilines is 1. The van der Waals surface area contributed by atoms with Gasteiger partial charge in [0.2, 0.25) is 0 Å². The number of hydrogen-bond donors (Lipinski definition) is 1. The Balaban J connectivity index is 1.79. The summed E-state index contributed by atoms with van der Waals surface area (Å²) in [4.78, 5) is 3.34. The van der Waals surface area contributed by atoms with Crippen LogP contribution in [-0.2, 0) is 0 Å². The summed E-state index contributed by atoms with van der Waals surface area (Å²) >= 11 is 1.65. The average Bonchev–Trinajstić information content (AvgIpc) is 2.35. The van der Waals surface area contributed by atoms with Gasteiger partial charge in [-0.05, 0) is 44.1 Å². The van der Waals surface area contributed by atoms with E-state index in [-0.39, 0.29) is 5.82 Å². The molecule has 0 amide bonds. The SMILES string of the molecule is Nc1ccc(F)cc1SCCN1CCCCC1. The van der Waals surface area contributed by atoms with Crippen molar-refractivity contribution in [3.63, 3.8) is 0 Å². The van der Waals surface area contributed by atoms with Crippen molar-refractivity contribution in [1.29, 1.82) is 0 Å². The molecule has 1 aromatic carbocycles. The minimum atomic E-state index is -0.209. The molecule has 94 valence electrons. The molecular formula is C13H19FN2S. The van der Waals surface area contributed by atoms with Crippen LogP contribution in [0.4, 0.5) is 10.1 Å². The predicted molar refractivity (Wildman–Crippen MR) is 71.8 cm³/mol. The van der Waals surface area contributed by atoms with Crippen LogP contribution in [0.15, 0.2) is 23.1 Å². The first-order valence-electron chi connectivity index (χ1n) is 6.16. The van der Waals surface area contributed by atoms with Gasteiger partial charge in [0.15, 0.2) is 0 Å². The fourth-order valence-electron chi connectivity index (χ4n) is 2.10. The molecule has 0 saturated carbocycles. The van der Waals surface area contributed by atoms with E-state index in [0.717, 1.165) is 17.2 Å². The third-order valence-corrected chi connectivity index (χ3v) is 4.14. The first-order chi connectivity index (χ1) is 8.25. The van der Waals surface area contributed by atoms with Crippen LogP contribution in [0, 0.1) is 5.82 Å². The summed E-state index contributed by atoms with van der Waals surface area (Å²) in [5, 5.41) is 0. The van der Waals surface area contributed by atoms with Gasteiger partial charge in [-0.2, -0.15) is 0 Å². The molecule has 0 radical (unpaired) electrons. The lowest BCUT2D eigenvalue weighted by Gasteiger charge is -2.26. The Morgan fingerprint density at radius 2 is 2.00 bits per heavy atom. The van der Waals surface area contributed by atoms with Crippen molar-refractivity contribution in [3.05, 3.63) is 24.0 Å². The highest BCUT2D eigenvalue weighted by atomic mass is 32.2. The van der Waals surface area contributed by atoms with Crippen LogP contribution in [0.1, 0.15) is 19.3 Å². The number of piperidine rings is 1. The lowest BCUT2D eigenvalue weighted by molar-refractivity contribution is 0.242. The average molecular weight is 254 g/mol. The maximum absolute atomic E-state index is 13.0. The maximum Gasteiger partial charge on any atom is 0.124 e. The van der Waals surface area contributed by atoms with Crippen LogP contribution in [-0.4, -0.2) is 30.3 Å². The number of hydrogen-bond acceptors (Lipinski definition) is 3. The smallest absolute Gasteiger partial charge is 0.124 e. The van der Waals surface area contributed by atoms with Crippen LogP contribution < -0.4 is 5.73 Å². The van der Waals surface area contributed by atoms with E-state index in [4.69, 9.17) is 5.73 Å². The highest BCUT2D eigenvalue weighted by Gasteiger charge is 2.10. The summed E-state index contributed by atoms with van der Waals surface area (Å²) in [6.07, 6.45) is 3.99. The molecule has 1 saturated heterocycles. The molecule has 1 aliphatic heterocycles. The third-order valence-electron chi connectivity index (χ3n) is 3.09. The van der Waals surface area contributed by atoms with Gasteiger partial charge in [-0.1, -0.05) is 6.42 Å². The molecule has 0 unspecified atom stereocenters. The van der Waals surface area contributed by atoms with E-state index in [9.17, 15) is 4.39 Å². The van der Waals surface area contributed by atoms with E-state index >= 15 is 0 Å². The molecule has 1 fully saturated rings. The zero-order valence-corrected chi connectivity index (χ0v) is 10.8. The molecule has 0 aromatic heterocycles. The number of likely N-dealkylation sites (tertiary alicyclic amines) is 1. The first kappa shape index (κ1) is 12.7. The van der Waals surface area contributed by atoms with Crippen molar-refractivity contribution in [2.75, 3.05) is 31.1 Å². The molecule has 2 N–H and O–H groups in total. The van der Waals surface area contributed by atoms with Crippen LogP contribution in [0.2, 0.25) is 0 Å². The summed E-state index contributed by atoms with van der Waals surface area (Å²) in [7, 11) is 0. The molecule has 1 aliphatic rings. The van der Waals surface area contributed by atoms with Gasteiger partial charge >= 0.3 is 0 Å². The molecule has 2 nitrogen and oxygen atoms in total. The van der Waals surface area contributed by atoms with Crippen LogP contribution in [0.5, 0.6) is 0 Å². The fraction of sp³-hybridized carbons (Fsp3) is 0.538. The Hall–Kier alpha value is -0.740. The van der Waals surface area contributed by atoms with Crippen molar-refractivity contribution in [3.8, 4) is 0 Å². The van der Waals surface area contributed by atoms with Crippen LogP contribution >= 0.6 is 11.8 Å². The van der Waals surface area contributed by atoms with Gasteiger partial charge in [-0.3, -0.25) is 0 Å². The number of thioether (sulfide) groups is 1. The minimum absolute atomic E-state index is 0.209. The van der Waals surface area contributed by atoms with Gasteiger partial charge in [0.1, 0.15) is 5.82 Å². The minimum Gasteiger partial charge on any atom is -0.398 e. The van der Waals surface area contributed by atoms with E-state index in [0.29, 0.717) is 5.69 Å². The number of halogens is 1. The predicted octanol–water partition coefficient (Wildman–Crippen LogP) is 2.99. The van der Waals surface area contributed by atoms with E-state index in [1.54, 1.807) is 17.8 Å². The topological polar surface area (TPSA) is 29.3 Å². The molecule has 0 spiro atoms. The van der Waals surface area contributed by atoms with Crippen LogP contribution in [0.25, 0.3) is 0 Å². The zero-order valence-electron chi connectivity index (χ0n) is 9.99. The summed E-state index contributed by atoms with van der Waals surface area (Å²) in [6.45, 7) is 3.49. The zero-order chi connectivity index (χ0) is 12.1. The largest absolute Gasteiger partial charge is 0.398 e. The summed E-state index contributed by atoms with van der Waals surface area (Å²) in [6, 6.07) is 4.57. The molecule has 4 heteroatoms. The first-order valence-corrected chi connectivity index (χ1v) is 7.14. The fourth-order valence-corrected chi connectivity index (χ4v) is 3.10. The number of rotatable bonds is 4. The van der Waals surface area contributed by atoms with Gasteiger partial charge in [0, 0.05) is 22.9 Å². The molecule has 0 bridgehead atoms. The highest BCUT2D eigenvalue weighted by molar-refractivity contribution is 7.99. The number of nitrogens with two attached hydrogens (primary N) is 1. The Labute approximate surface area is 106 Å². The molecule has 1 heterocycles. The Morgan fingerprint density at radius 3 is 2.76 bits per heavy atom. The second kappa shape index (κ2) is 6.26. The van der Waals surface area contributed by atoms with Crippen molar-refractivity contribution in [1.82, 2.24) is 4.90 Å². The second-order valence-electron chi connectivity index (χ2n) is 4.43. The summed E-state index contributed by atoms with van der Waals surface area (Å²) in [5.74, 6) is 0.771. The van der Waals surface area contributed by atoms with Crippen molar-refractivity contribution < 1.29 is 4.39 Å². The van der Waals surface area contributed by atoms with Crippen molar-refractivity contribution in [2.45, 2.75) is 24.2 Å². The van der Waals surface area contributed by atoms with Gasteiger partial charge < -0.3 is 10.6 Å². The van der Waals surface area contributed by atoms with E-state index < -0.39 is 0 Å². The molecule has 2 rings (SSSR count). The van der Waals surface area contributed by atoms with Gasteiger partial charge in [0.25, 0.3) is 0 Å². The van der Waals surface area contributed by atoms with Crippen molar-refractivity contribution in [2.24, 2.45) is 0 Å². The monoisotopic (exact) mass is 254 g/mol. The normalized spacial score (nSPS) is 17.2. The van der Waals surface area contributed by atoms with Crippen molar-refractivity contribution >= 4 is 17.4 Å². The van der Waals surface area contributed by atoms with Crippen LogP contribution in [0.3, 0.4) is 0 Å². The van der Waals surface area contributed by atoms with E-state index in [1.807, 2.05) is 0 Å². The van der Waals surface area contributed by atoms with Gasteiger partial charge in [-0.25, -0.2) is 4.39 Å². The van der Waals surface area contributed by atoms with Gasteiger partial charge in [0.05, 0.1) is 0 Å². The Bertz CT molecular complexity index is 364. The molecular weight excluding hydrogens is 235 g/mol. The molecule has 0 aliphatic carbocycles. The third kappa shape index (κ3) is 3.89. The second-order valence-corrected chi connectivity index (χ2v) is 5.57. The molecule has 1 aromatic rings. The summed E-state index contributed by atoms with van der Waals surface area (Å²) in [5.41, 5.74) is 6.48. The number of benzene rings is 1. The number of nitrogen functional groups attached to an aromatic ring is 1. The Kier molecular flexibility index (Phi) is 4.68. The lowest BCUT2D eigenvalue weighted by Crippen LogP contribution is -2.31. The lowest BCUT2D eigenvalue weighted by atomic mass is 10.1. The van der Waals surface area contributed by atoms with Gasteiger partial charge in [-0.15, -0.1) is 11.8 Å². The molecule has 17 heavy (non-hydrogen) atoms.